The van der Waals surface area contributed by atoms with Crippen LogP contribution in [0, 0.1) is 11.3 Å². The number of hydrogen-bond donors (Lipinski definition) is 0. The minimum absolute atomic E-state index is 0.186. The van der Waals surface area contributed by atoms with Crippen LogP contribution in [0.4, 0.5) is 0 Å². The van der Waals surface area contributed by atoms with Crippen LogP contribution in [-0.4, -0.2) is 49.6 Å². The van der Waals surface area contributed by atoms with Gasteiger partial charge in [0, 0.05) is 31.2 Å². The van der Waals surface area contributed by atoms with Gasteiger partial charge in [0.1, 0.15) is 6.04 Å². The molecule has 1 unspecified atom stereocenters. The molecule has 0 aromatic heterocycles. The zero-order valence-electron chi connectivity index (χ0n) is 12.6. The highest BCUT2D eigenvalue weighted by Crippen LogP contribution is 2.23. The summed E-state index contributed by atoms with van der Waals surface area (Å²) in [7, 11) is -3.15. The van der Waals surface area contributed by atoms with E-state index in [1.54, 1.807) is 12.1 Å². The second-order valence-corrected chi connectivity index (χ2v) is 7.86. The summed E-state index contributed by atoms with van der Waals surface area (Å²) in [4.78, 5) is 2.02. The van der Waals surface area contributed by atoms with E-state index in [0.717, 1.165) is 5.56 Å². The summed E-state index contributed by atoms with van der Waals surface area (Å²) < 4.78 is 25.7. The van der Waals surface area contributed by atoms with E-state index in [2.05, 4.69) is 6.07 Å². The summed E-state index contributed by atoms with van der Waals surface area (Å²) in [6, 6.07) is 9.16. The van der Waals surface area contributed by atoms with Crippen molar-refractivity contribution in [2.75, 3.05) is 31.9 Å². The average Bonchev–Trinajstić information content (AvgIpc) is 2.50. The fourth-order valence-electron chi connectivity index (χ4n) is 2.64. The van der Waals surface area contributed by atoms with E-state index in [4.69, 9.17) is 11.6 Å². The monoisotopic (exact) mass is 341 g/mol. The fourth-order valence-corrected chi connectivity index (χ4v) is 4.26. The van der Waals surface area contributed by atoms with E-state index in [-0.39, 0.29) is 11.8 Å². The van der Waals surface area contributed by atoms with Gasteiger partial charge >= 0.3 is 0 Å². The van der Waals surface area contributed by atoms with Gasteiger partial charge in [-0.3, -0.25) is 4.90 Å². The highest BCUT2D eigenvalue weighted by molar-refractivity contribution is 7.89. The predicted octanol–water partition coefficient (Wildman–Crippen LogP) is 2.26. The zero-order chi connectivity index (χ0) is 16.2. The van der Waals surface area contributed by atoms with Crippen LogP contribution in [0.3, 0.4) is 0 Å². The third-order valence-corrected chi connectivity index (χ3v) is 6.13. The molecule has 5 nitrogen and oxygen atoms in total. The molecule has 0 amide bonds. The van der Waals surface area contributed by atoms with Gasteiger partial charge in [-0.05, 0) is 24.1 Å². The van der Waals surface area contributed by atoms with Crippen LogP contribution in [0.1, 0.15) is 24.9 Å². The Balaban J connectivity index is 2.04. The summed E-state index contributed by atoms with van der Waals surface area (Å²) in [6.45, 7) is 3.86. The molecule has 1 aromatic rings. The Morgan fingerprint density at radius 3 is 2.32 bits per heavy atom. The molecular weight excluding hydrogens is 322 g/mol. The topological polar surface area (TPSA) is 64.4 Å². The molecule has 1 heterocycles. The molecule has 1 fully saturated rings. The maximum atomic E-state index is 12.1. The molecule has 1 aromatic carbocycles. The van der Waals surface area contributed by atoms with E-state index in [1.165, 1.54) is 4.31 Å². The maximum Gasteiger partial charge on any atom is 0.214 e. The number of sulfonamides is 1. The molecule has 0 bridgehead atoms. The summed E-state index contributed by atoms with van der Waals surface area (Å²) in [5.74, 6) is 0.186. The third-order valence-electron chi connectivity index (χ3n) is 3.80. The first-order valence-electron chi connectivity index (χ1n) is 7.35. The summed E-state index contributed by atoms with van der Waals surface area (Å²) in [5, 5.41) is 10.1. The molecule has 0 aliphatic carbocycles. The van der Waals surface area contributed by atoms with Crippen molar-refractivity contribution in [3.63, 3.8) is 0 Å². The molecule has 1 saturated heterocycles. The number of rotatable bonds is 5. The zero-order valence-corrected chi connectivity index (χ0v) is 14.1. The molecule has 0 spiro atoms. The van der Waals surface area contributed by atoms with Crippen LogP contribution in [0.25, 0.3) is 0 Å². The molecule has 1 aliphatic rings. The van der Waals surface area contributed by atoms with Gasteiger partial charge in [-0.1, -0.05) is 30.7 Å². The molecule has 7 heteroatoms. The first-order valence-corrected chi connectivity index (χ1v) is 9.33. The lowest BCUT2D eigenvalue weighted by Crippen LogP contribution is -2.49. The Bertz CT molecular complexity index is 632. The van der Waals surface area contributed by atoms with Crippen molar-refractivity contribution in [3.05, 3.63) is 34.9 Å². The van der Waals surface area contributed by atoms with Crippen molar-refractivity contribution in [1.82, 2.24) is 9.21 Å². The number of hydrogen-bond acceptors (Lipinski definition) is 4. The molecule has 0 radical (unpaired) electrons. The van der Waals surface area contributed by atoms with Crippen molar-refractivity contribution < 1.29 is 8.42 Å². The van der Waals surface area contributed by atoms with Crippen molar-refractivity contribution in [1.29, 1.82) is 5.26 Å². The number of nitriles is 1. The molecule has 1 atom stereocenters. The highest BCUT2D eigenvalue weighted by atomic mass is 35.5. The van der Waals surface area contributed by atoms with Crippen LogP contribution in [0.5, 0.6) is 0 Å². The second kappa shape index (κ2) is 7.42. The van der Waals surface area contributed by atoms with E-state index < -0.39 is 10.0 Å². The largest absolute Gasteiger partial charge is 0.282 e. The van der Waals surface area contributed by atoms with Crippen LogP contribution in [0.15, 0.2) is 24.3 Å². The number of halogens is 1. The van der Waals surface area contributed by atoms with Crippen molar-refractivity contribution in [3.8, 4) is 6.07 Å². The van der Waals surface area contributed by atoms with Gasteiger partial charge in [0.25, 0.3) is 0 Å². The van der Waals surface area contributed by atoms with Crippen molar-refractivity contribution in [2.45, 2.75) is 19.4 Å². The number of benzene rings is 1. The number of piperazine rings is 1. The summed E-state index contributed by atoms with van der Waals surface area (Å²) >= 11 is 5.87. The molecular formula is C15H20ClN3O2S. The van der Waals surface area contributed by atoms with Crippen LogP contribution in [-0.2, 0) is 10.0 Å². The first kappa shape index (κ1) is 17.2. The van der Waals surface area contributed by atoms with Gasteiger partial charge in [0.15, 0.2) is 0 Å². The van der Waals surface area contributed by atoms with Crippen molar-refractivity contribution in [2.24, 2.45) is 0 Å². The van der Waals surface area contributed by atoms with Crippen molar-refractivity contribution >= 4 is 21.6 Å². The Labute approximate surface area is 137 Å². The number of nitrogens with zero attached hydrogens (tertiary/aromatic N) is 3. The Morgan fingerprint density at radius 2 is 1.82 bits per heavy atom. The van der Waals surface area contributed by atoms with Gasteiger partial charge in [0.05, 0.1) is 11.8 Å². The van der Waals surface area contributed by atoms with E-state index in [1.807, 2.05) is 24.0 Å². The standard InChI is InChI=1S/C15H20ClN3O2S/c1-2-11-22(20,21)19-9-7-18(8-10-19)15(12-17)13-3-5-14(16)6-4-13/h3-6,15H,2,7-11H2,1H3. The lowest BCUT2D eigenvalue weighted by atomic mass is 10.1. The van der Waals surface area contributed by atoms with Gasteiger partial charge in [-0.25, -0.2) is 8.42 Å². The Morgan fingerprint density at radius 1 is 1.23 bits per heavy atom. The van der Waals surface area contributed by atoms with E-state index in [0.29, 0.717) is 37.6 Å². The molecule has 120 valence electrons. The molecule has 2 rings (SSSR count). The average molecular weight is 342 g/mol. The summed E-state index contributed by atoms with van der Waals surface area (Å²) in [5.41, 5.74) is 0.886. The van der Waals surface area contributed by atoms with Crippen LogP contribution >= 0.6 is 11.6 Å². The third kappa shape index (κ3) is 3.99. The van der Waals surface area contributed by atoms with E-state index in [9.17, 15) is 13.7 Å². The Kier molecular flexibility index (Phi) is 5.81. The normalized spacial score (nSPS) is 18.8. The Hall–Kier alpha value is -1.13. The lowest BCUT2D eigenvalue weighted by Gasteiger charge is -2.36. The fraction of sp³-hybridized carbons (Fsp3) is 0.533. The van der Waals surface area contributed by atoms with Crippen LogP contribution < -0.4 is 0 Å². The predicted molar refractivity (Wildman–Crippen MR) is 87.0 cm³/mol. The highest BCUT2D eigenvalue weighted by Gasteiger charge is 2.29. The van der Waals surface area contributed by atoms with Gasteiger partial charge in [-0.15, -0.1) is 0 Å². The smallest absolute Gasteiger partial charge is 0.214 e. The quantitative estimate of drug-likeness (QED) is 0.824. The summed E-state index contributed by atoms with van der Waals surface area (Å²) in [6.07, 6.45) is 0.619. The minimum Gasteiger partial charge on any atom is -0.282 e. The molecule has 0 saturated carbocycles. The van der Waals surface area contributed by atoms with Gasteiger partial charge < -0.3 is 0 Å². The SMILES string of the molecule is CCCS(=O)(=O)N1CCN(C(C#N)c2ccc(Cl)cc2)CC1. The minimum atomic E-state index is -3.15. The lowest BCUT2D eigenvalue weighted by molar-refractivity contribution is 0.162. The molecule has 22 heavy (non-hydrogen) atoms. The van der Waals surface area contributed by atoms with Crippen LogP contribution in [0.2, 0.25) is 5.02 Å². The first-order chi connectivity index (χ1) is 10.5. The maximum absolute atomic E-state index is 12.1. The molecule has 0 N–H and O–H groups in total. The van der Waals surface area contributed by atoms with Gasteiger partial charge in [0.2, 0.25) is 10.0 Å². The molecule has 1 aliphatic heterocycles. The van der Waals surface area contributed by atoms with E-state index >= 15 is 0 Å². The van der Waals surface area contributed by atoms with Gasteiger partial charge in [-0.2, -0.15) is 9.57 Å². The second-order valence-electron chi connectivity index (χ2n) is 5.33.